The first-order valence-electron chi connectivity index (χ1n) is 3.24. The van der Waals surface area contributed by atoms with E-state index < -0.39 is 0 Å². The highest BCUT2D eigenvalue weighted by atomic mass is 33.1. The second kappa shape index (κ2) is 3.40. The Bertz CT molecular complexity index is 246. The Hall–Kier alpha value is -0.290. The van der Waals surface area contributed by atoms with Gasteiger partial charge < -0.3 is 5.73 Å². The molecule has 1 heterocycles. The van der Waals surface area contributed by atoms with Gasteiger partial charge in [0.2, 0.25) is 0 Å². The van der Waals surface area contributed by atoms with Crippen LogP contribution in [0, 0.1) is 0 Å². The molecule has 5 heteroatoms. The van der Waals surface area contributed by atoms with Crippen LogP contribution in [0.15, 0.2) is 6.20 Å². The number of thiol groups is 1. The van der Waals surface area contributed by atoms with Gasteiger partial charge in [0.15, 0.2) is 0 Å². The topological polar surface area (TPSA) is 43.8 Å². The van der Waals surface area contributed by atoms with E-state index in [2.05, 4.69) is 16.8 Å². The van der Waals surface area contributed by atoms with Crippen LogP contribution < -0.4 is 5.73 Å². The monoisotopic (exact) mass is 189 g/mol. The minimum absolute atomic E-state index is 0.298. The number of aryl methyl sites for hydroxylation is 1. The Balaban J connectivity index is 2.93. The van der Waals surface area contributed by atoms with Crippen molar-refractivity contribution in [3.05, 3.63) is 11.8 Å². The third-order valence-electron chi connectivity index (χ3n) is 1.48. The van der Waals surface area contributed by atoms with Crippen molar-refractivity contribution in [2.45, 2.75) is 12.2 Å². The van der Waals surface area contributed by atoms with Crippen LogP contribution in [-0.2, 0) is 7.05 Å². The Labute approximate surface area is 75.2 Å². The number of anilines is 1. The summed E-state index contributed by atoms with van der Waals surface area (Å²) in [7, 11) is 3.32. The smallest absolute Gasteiger partial charge is 0.149 e. The van der Waals surface area contributed by atoms with Gasteiger partial charge in [0.05, 0.1) is 0 Å². The lowest BCUT2D eigenvalue weighted by molar-refractivity contribution is 0.771. The van der Waals surface area contributed by atoms with Crippen molar-refractivity contribution in [3.63, 3.8) is 0 Å². The fourth-order valence-electron chi connectivity index (χ4n) is 0.894. The molecule has 0 bridgehead atoms. The summed E-state index contributed by atoms with van der Waals surface area (Å²) in [6.45, 7) is 2.05. The van der Waals surface area contributed by atoms with E-state index in [4.69, 9.17) is 5.73 Å². The number of nitrogens with two attached hydrogens (primary N) is 1. The second-order valence-corrected chi connectivity index (χ2v) is 3.94. The van der Waals surface area contributed by atoms with Crippen LogP contribution in [0.5, 0.6) is 0 Å². The van der Waals surface area contributed by atoms with Crippen molar-refractivity contribution in [3.8, 4) is 0 Å². The molecule has 62 valence electrons. The molecule has 1 atom stereocenters. The lowest BCUT2D eigenvalue weighted by Gasteiger charge is -2.03. The normalized spacial score (nSPS) is 13.4. The van der Waals surface area contributed by atoms with Crippen LogP contribution in [0.3, 0.4) is 0 Å². The number of hydrogen-bond donors (Lipinski definition) is 2. The van der Waals surface area contributed by atoms with Gasteiger partial charge in [-0.05, 0) is 6.92 Å². The van der Waals surface area contributed by atoms with Crippen LogP contribution in [0.25, 0.3) is 0 Å². The molecule has 0 saturated carbocycles. The summed E-state index contributed by atoms with van der Waals surface area (Å²) in [5.41, 5.74) is 6.69. The third kappa shape index (κ3) is 1.84. The van der Waals surface area contributed by atoms with Crippen LogP contribution >= 0.6 is 22.5 Å². The van der Waals surface area contributed by atoms with Crippen molar-refractivity contribution in [1.82, 2.24) is 9.78 Å². The second-order valence-electron chi connectivity index (χ2n) is 2.39. The maximum Gasteiger partial charge on any atom is 0.149 e. The van der Waals surface area contributed by atoms with Gasteiger partial charge in [0.1, 0.15) is 5.82 Å². The summed E-state index contributed by atoms with van der Waals surface area (Å²) < 4.78 is 1.71. The van der Waals surface area contributed by atoms with E-state index in [-0.39, 0.29) is 0 Å². The van der Waals surface area contributed by atoms with Gasteiger partial charge in [-0.3, -0.25) is 4.68 Å². The summed E-state index contributed by atoms with van der Waals surface area (Å²) in [4.78, 5) is 0. The zero-order valence-electron chi connectivity index (χ0n) is 6.48. The van der Waals surface area contributed by atoms with Gasteiger partial charge in [-0.15, -0.1) is 11.7 Å². The van der Waals surface area contributed by atoms with Crippen molar-refractivity contribution >= 4 is 28.3 Å². The summed E-state index contributed by atoms with van der Waals surface area (Å²) in [6, 6.07) is 0. The maximum atomic E-state index is 5.64. The summed E-state index contributed by atoms with van der Waals surface area (Å²) in [6.07, 6.45) is 1.92. The molecule has 0 aromatic carbocycles. The molecule has 0 amide bonds. The average molecular weight is 189 g/mol. The molecule has 3 nitrogen and oxygen atoms in total. The van der Waals surface area contributed by atoms with E-state index in [0.717, 1.165) is 5.56 Å². The molecular weight excluding hydrogens is 178 g/mol. The van der Waals surface area contributed by atoms with E-state index in [1.165, 1.54) is 10.8 Å². The van der Waals surface area contributed by atoms with E-state index in [1.54, 1.807) is 4.68 Å². The molecule has 1 unspecified atom stereocenters. The number of nitrogens with zero attached hydrogens (tertiary/aromatic N) is 2. The fourth-order valence-corrected chi connectivity index (χ4v) is 1.53. The minimum atomic E-state index is 0.298. The van der Waals surface area contributed by atoms with Gasteiger partial charge in [0, 0.05) is 24.1 Å². The third-order valence-corrected chi connectivity index (χ3v) is 3.00. The number of rotatable bonds is 2. The van der Waals surface area contributed by atoms with E-state index >= 15 is 0 Å². The standard InChI is InChI=1S/C6H11N3S2/c1-4(11-10)5-3-9(2)8-6(5)7/h3-4,10H,1-2H3,(H2,7,8). The molecular formula is C6H11N3S2. The summed E-state index contributed by atoms with van der Waals surface area (Å²) in [5.74, 6) is 0.599. The number of hydrogen-bond acceptors (Lipinski definition) is 4. The van der Waals surface area contributed by atoms with Crippen LogP contribution in [0.1, 0.15) is 17.7 Å². The molecule has 0 aliphatic heterocycles. The molecule has 2 N–H and O–H groups in total. The molecule has 0 saturated heterocycles. The Morgan fingerprint density at radius 2 is 2.45 bits per heavy atom. The lowest BCUT2D eigenvalue weighted by atomic mass is 10.2. The Morgan fingerprint density at radius 3 is 2.82 bits per heavy atom. The number of aromatic nitrogens is 2. The van der Waals surface area contributed by atoms with Gasteiger partial charge in [-0.25, -0.2) is 0 Å². The van der Waals surface area contributed by atoms with Gasteiger partial charge in [-0.2, -0.15) is 5.10 Å². The average Bonchev–Trinajstić information content (AvgIpc) is 2.28. The maximum absolute atomic E-state index is 5.64. The van der Waals surface area contributed by atoms with E-state index in [1.807, 2.05) is 20.2 Å². The highest BCUT2D eigenvalue weighted by Crippen LogP contribution is 2.33. The molecule has 0 aliphatic carbocycles. The molecule has 11 heavy (non-hydrogen) atoms. The van der Waals surface area contributed by atoms with Crippen molar-refractivity contribution in [2.75, 3.05) is 5.73 Å². The Morgan fingerprint density at radius 1 is 1.82 bits per heavy atom. The molecule has 1 aromatic heterocycles. The molecule has 0 radical (unpaired) electrons. The van der Waals surface area contributed by atoms with Crippen molar-refractivity contribution < 1.29 is 0 Å². The van der Waals surface area contributed by atoms with Crippen molar-refractivity contribution in [1.29, 1.82) is 0 Å². The van der Waals surface area contributed by atoms with Crippen LogP contribution in [0.4, 0.5) is 5.82 Å². The van der Waals surface area contributed by atoms with Crippen LogP contribution in [-0.4, -0.2) is 9.78 Å². The first-order chi connectivity index (χ1) is 5.15. The molecule has 1 aromatic rings. The van der Waals surface area contributed by atoms with E-state index in [9.17, 15) is 0 Å². The van der Waals surface area contributed by atoms with Gasteiger partial charge in [0.25, 0.3) is 0 Å². The first-order valence-corrected chi connectivity index (χ1v) is 5.17. The highest BCUT2D eigenvalue weighted by Gasteiger charge is 2.10. The minimum Gasteiger partial charge on any atom is -0.382 e. The molecule has 0 fully saturated rings. The molecule has 0 spiro atoms. The zero-order valence-corrected chi connectivity index (χ0v) is 8.19. The summed E-state index contributed by atoms with van der Waals surface area (Å²) >= 11 is 4.11. The lowest BCUT2D eigenvalue weighted by Crippen LogP contribution is -1.92. The Kier molecular flexibility index (Phi) is 2.72. The van der Waals surface area contributed by atoms with Crippen molar-refractivity contribution in [2.24, 2.45) is 7.05 Å². The quantitative estimate of drug-likeness (QED) is 0.549. The van der Waals surface area contributed by atoms with E-state index in [0.29, 0.717) is 11.1 Å². The number of nitrogen functional groups attached to an aromatic ring is 1. The first kappa shape index (κ1) is 8.80. The predicted molar refractivity (Wildman–Crippen MR) is 52.6 cm³/mol. The summed E-state index contributed by atoms with van der Waals surface area (Å²) in [5, 5.41) is 4.33. The molecule has 1 rings (SSSR count). The predicted octanol–water partition coefficient (Wildman–Crippen LogP) is 1.64. The highest BCUT2D eigenvalue weighted by molar-refractivity contribution is 8.68. The largest absolute Gasteiger partial charge is 0.382 e. The fraction of sp³-hybridized carbons (Fsp3) is 0.500. The SMILES string of the molecule is CC(SS)c1cn(C)nc1N. The van der Waals surface area contributed by atoms with Crippen LogP contribution in [0.2, 0.25) is 0 Å². The van der Waals surface area contributed by atoms with Gasteiger partial charge in [-0.1, -0.05) is 10.8 Å². The molecule has 0 aliphatic rings. The zero-order chi connectivity index (χ0) is 8.43. The van der Waals surface area contributed by atoms with Gasteiger partial charge >= 0.3 is 0 Å².